The first-order valence-corrected chi connectivity index (χ1v) is 3.54. The standard InChI is InChI=1S/C6H9NS.H2/c7-4-3-6-2-1-5-8-6;/h1-2,5H,3-4,7H2;1H. The number of hydrogen-bond donors (Lipinski definition) is 1. The molecule has 0 radical (unpaired) electrons. The van der Waals surface area contributed by atoms with Crippen molar-refractivity contribution in [3.05, 3.63) is 22.4 Å². The van der Waals surface area contributed by atoms with Crippen LogP contribution >= 0.6 is 11.3 Å². The van der Waals surface area contributed by atoms with E-state index in [0.29, 0.717) is 0 Å². The van der Waals surface area contributed by atoms with E-state index in [2.05, 4.69) is 17.5 Å². The SMILES string of the molecule is NCCc1cccs1.[HH]. The van der Waals surface area contributed by atoms with Gasteiger partial charge in [0, 0.05) is 6.30 Å². The van der Waals surface area contributed by atoms with E-state index >= 15 is 0 Å². The van der Waals surface area contributed by atoms with Crippen molar-refractivity contribution in [2.75, 3.05) is 6.54 Å². The Kier molecular flexibility index (Phi) is 2.06. The number of thiophene rings is 1. The molecule has 1 aromatic rings. The van der Waals surface area contributed by atoms with Crippen LogP contribution in [0, 0.1) is 0 Å². The number of hydrogen-bond acceptors (Lipinski definition) is 2. The van der Waals surface area contributed by atoms with Crippen molar-refractivity contribution >= 4 is 11.3 Å². The van der Waals surface area contributed by atoms with Crippen molar-refractivity contribution in [1.82, 2.24) is 0 Å². The van der Waals surface area contributed by atoms with E-state index in [1.165, 1.54) is 4.88 Å². The van der Waals surface area contributed by atoms with Gasteiger partial charge < -0.3 is 5.73 Å². The third-order valence-corrected chi connectivity index (χ3v) is 1.91. The molecule has 0 saturated heterocycles. The zero-order valence-corrected chi connectivity index (χ0v) is 5.45. The van der Waals surface area contributed by atoms with Crippen LogP contribution in [0.3, 0.4) is 0 Å². The molecule has 0 aromatic carbocycles. The van der Waals surface area contributed by atoms with E-state index in [0.717, 1.165) is 13.0 Å². The highest BCUT2D eigenvalue weighted by Crippen LogP contribution is 2.07. The van der Waals surface area contributed by atoms with Crippen molar-refractivity contribution in [3.63, 3.8) is 0 Å². The maximum Gasteiger partial charge on any atom is 0.00577 e. The number of rotatable bonds is 2. The largest absolute Gasteiger partial charge is 0.330 e. The molecule has 0 unspecified atom stereocenters. The molecule has 0 aliphatic heterocycles. The van der Waals surface area contributed by atoms with E-state index in [9.17, 15) is 0 Å². The Morgan fingerprint density at radius 3 is 3.12 bits per heavy atom. The van der Waals surface area contributed by atoms with Gasteiger partial charge in [-0.25, -0.2) is 0 Å². The predicted molar refractivity (Wildman–Crippen MR) is 39.2 cm³/mol. The van der Waals surface area contributed by atoms with Crippen molar-refractivity contribution in [2.24, 2.45) is 5.73 Å². The molecule has 0 atom stereocenters. The van der Waals surface area contributed by atoms with Crippen LogP contribution in [-0.4, -0.2) is 6.54 Å². The number of nitrogens with two attached hydrogens (primary N) is 1. The molecule has 1 aromatic heterocycles. The molecule has 1 nitrogen and oxygen atoms in total. The Morgan fingerprint density at radius 1 is 1.75 bits per heavy atom. The quantitative estimate of drug-likeness (QED) is 0.643. The lowest BCUT2D eigenvalue weighted by molar-refractivity contribution is 0.989. The first-order chi connectivity index (χ1) is 3.93. The molecule has 0 aliphatic rings. The Hall–Kier alpha value is -0.340. The lowest BCUT2D eigenvalue weighted by Gasteiger charge is -1.86. The van der Waals surface area contributed by atoms with Gasteiger partial charge in [0.05, 0.1) is 0 Å². The van der Waals surface area contributed by atoms with Crippen LogP contribution in [0.15, 0.2) is 17.5 Å². The fraction of sp³-hybridized carbons (Fsp3) is 0.333. The summed E-state index contributed by atoms with van der Waals surface area (Å²) in [6, 6.07) is 4.16. The van der Waals surface area contributed by atoms with Gasteiger partial charge in [-0.3, -0.25) is 0 Å². The first-order valence-electron chi connectivity index (χ1n) is 2.66. The average molecular weight is 129 g/mol. The first kappa shape index (κ1) is 5.79. The molecule has 0 fully saturated rings. The van der Waals surface area contributed by atoms with Gasteiger partial charge in [0.25, 0.3) is 0 Å². The Morgan fingerprint density at radius 2 is 2.62 bits per heavy atom. The molecule has 0 saturated carbocycles. The molecule has 1 heterocycles. The summed E-state index contributed by atoms with van der Waals surface area (Å²) in [6.07, 6.45) is 1.03. The van der Waals surface area contributed by atoms with Gasteiger partial charge in [-0.15, -0.1) is 11.3 Å². The van der Waals surface area contributed by atoms with Gasteiger partial charge in [0.1, 0.15) is 0 Å². The molecular formula is C6H11NS. The molecule has 0 bridgehead atoms. The van der Waals surface area contributed by atoms with Crippen molar-refractivity contribution in [3.8, 4) is 0 Å². The third kappa shape index (κ3) is 1.32. The van der Waals surface area contributed by atoms with Crippen LogP contribution in [0.1, 0.15) is 6.30 Å². The second-order valence-corrected chi connectivity index (χ2v) is 2.65. The minimum atomic E-state index is 0. The van der Waals surface area contributed by atoms with E-state index in [1.807, 2.05) is 0 Å². The van der Waals surface area contributed by atoms with E-state index < -0.39 is 0 Å². The molecular weight excluding hydrogens is 118 g/mol. The normalized spacial score (nSPS) is 9.62. The molecule has 8 heavy (non-hydrogen) atoms. The lowest BCUT2D eigenvalue weighted by Crippen LogP contribution is -2.00. The van der Waals surface area contributed by atoms with Crippen LogP contribution in [-0.2, 0) is 6.42 Å². The van der Waals surface area contributed by atoms with Crippen LogP contribution in [0.5, 0.6) is 0 Å². The summed E-state index contributed by atoms with van der Waals surface area (Å²) in [6.45, 7) is 0.764. The maximum absolute atomic E-state index is 5.33. The van der Waals surface area contributed by atoms with Crippen molar-refractivity contribution < 1.29 is 1.43 Å². The highest BCUT2D eigenvalue weighted by molar-refractivity contribution is 7.09. The molecule has 0 aliphatic carbocycles. The molecule has 2 N–H and O–H groups in total. The monoisotopic (exact) mass is 129 g/mol. The fourth-order valence-corrected chi connectivity index (χ4v) is 1.32. The van der Waals surface area contributed by atoms with E-state index in [-0.39, 0.29) is 1.43 Å². The predicted octanol–water partition coefficient (Wildman–Crippen LogP) is 1.50. The zero-order chi connectivity index (χ0) is 5.82. The Labute approximate surface area is 54.6 Å². The summed E-state index contributed by atoms with van der Waals surface area (Å²) < 4.78 is 0. The van der Waals surface area contributed by atoms with Gasteiger partial charge in [-0.1, -0.05) is 6.07 Å². The van der Waals surface area contributed by atoms with Crippen LogP contribution < -0.4 is 5.73 Å². The molecule has 46 valence electrons. The smallest absolute Gasteiger partial charge is 0.00577 e. The topological polar surface area (TPSA) is 26.0 Å². The third-order valence-electron chi connectivity index (χ3n) is 0.971. The highest BCUT2D eigenvalue weighted by Gasteiger charge is 1.87. The summed E-state index contributed by atoms with van der Waals surface area (Å²) in [7, 11) is 0. The molecule has 1 rings (SSSR count). The summed E-state index contributed by atoms with van der Waals surface area (Å²) in [5, 5.41) is 2.07. The summed E-state index contributed by atoms with van der Waals surface area (Å²) >= 11 is 1.77. The molecule has 0 spiro atoms. The summed E-state index contributed by atoms with van der Waals surface area (Å²) in [4.78, 5) is 1.38. The van der Waals surface area contributed by atoms with Gasteiger partial charge >= 0.3 is 0 Å². The van der Waals surface area contributed by atoms with Gasteiger partial charge in [0.2, 0.25) is 0 Å². The second-order valence-electron chi connectivity index (χ2n) is 1.62. The van der Waals surface area contributed by atoms with Gasteiger partial charge in [0.15, 0.2) is 0 Å². The lowest BCUT2D eigenvalue weighted by atomic mass is 10.3. The highest BCUT2D eigenvalue weighted by atomic mass is 32.1. The van der Waals surface area contributed by atoms with E-state index in [1.54, 1.807) is 11.3 Å². The van der Waals surface area contributed by atoms with Crippen molar-refractivity contribution in [1.29, 1.82) is 0 Å². The maximum atomic E-state index is 5.33. The minimum absolute atomic E-state index is 0. The van der Waals surface area contributed by atoms with Crippen LogP contribution in [0.2, 0.25) is 0 Å². The summed E-state index contributed by atoms with van der Waals surface area (Å²) in [5.41, 5.74) is 5.33. The molecule has 2 heteroatoms. The van der Waals surface area contributed by atoms with Crippen LogP contribution in [0.25, 0.3) is 0 Å². The Bertz CT molecular complexity index is 139. The minimum Gasteiger partial charge on any atom is -0.330 e. The zero-order valence-electron chi connectivity index (χ0n) is 4.63. The summed E-state index contributed by atoms with van der Waals surface area (Å²) in [5.74, 6) is 0. The Balaban J connectivity index is 0.000000640. The van der Waals surface area contributed by atoms with Gasteiger partial charge in [-0.2, -0.15) is 0 Å². The van der Waals surface area contributed by atoms with Gasteiger partial charge in [-0.05, 0) is 24.4 Å². The van der Waals surface area contributed by atoms with E-state index in [4.69, 9.17) is 5.73 Å². The molecule has 0 amide bonds. The fourth-order valence-electron chi connectivity index (χ4n) is 0.597. The van der Waals surface area contributed by atoms with Crippen molar-refractivity contribution in [2.45, 2.75) is 6.42 Å². The van der Waals surface area contributed by atoms with Crippen LogP contribution in [0.4, 0.5) is 0 Å². The second kappa shape index (κ2) is 2.84. The average Bonchev–Trinajstić information content (AvgIpc) is 2.19.